The topological polar surface area (TPSA) is 47.6 Å². The van der Waals surface area contributed by atoms with E-state index in [9.17, 15) is 9.18 Å². The molecule has 2 aromatic rings. The van der Waals surface area contributed by atoms with Crippen molar-refractivity contribution in [3.05, 3.63) is 59.4 Å². The average molecular weight is 315 g/mol. The van der Waals surface area contributed by atoms with Gasteiger partial charge in [-0.15, -0.1) is 0 Å². The van der Waals surface area contributed by atoms with Crippen LogP contribution in [-0.2, 0) is 11.2 Å². The Hall–Kier alpha value is -2.56. The minimum atomic E-state index is -0.282. The van der Waals surface area contributed by atoms with E-state index >= 15 is 0 Å². The highest BCUT2D eigenvalue weighted by Crippen LogP contribution is 2.32. The van der Waals surface area contributed by atoms with Gasteiger partial charge in [-0.2, -0.15) is 0 Å². The summed E-state index contributed by atoms with van der Waals surface area (Å²) in [5.41, 5.74) is 1.90. The lowest BCUT2D eigenvalue weighted by molar-refractivity contribution is -0.121. The highest BCUT2D eigenvalue weighted by atomic mass is 19.1. The maximum absolute atomic E-state index is 12.9. The number of rotatable bonds is 5. The SMILES string of the molecule is CC(NC(=O)CCc1ccc2c(c1)OCO2)c1ccc(F)cc1. The molecule has 0 spiro atoms. The molecule has 0 saturated carbocycles. The highest BCUT2D eigenvalue weighted by molar-refractivity contribution is 5.76. The monoisotopic (exact) mass is 315 g/mol. The van der Waals surface area contributed by atoms with Crippen molar-refractivity contribution in [3.63, 3.8) is 0 Å². The van der Waals surface area contributed by atoms with E-state index < -0.39 is 0 Å². The summed E-state index contributed by atoms with van der Waals surface area (Å²) in [6.07, 6.45) is 1.00. The van der Waals surface area contributed by atoms with Gasteiger partial charge in [0.25, 0.3) is 0 Å². The molecule has 1 amide bonds. The van der Waals surface area contributed by atoms with Gasteiger partial charge in [-0.1, -0.05) is 18.2 Å². The summed E-state index contributed by atoms with van der Waals surface area (Å²) in [6.45, 7) is 2.13. The molecular formula is C18H18FNO3. The second kappa shape index (κ2) is 6.69. The second-order valence-corrected chi connectivity index (χ2v) is 5.53. The van der Waals surface area contributed by atoms with Gasteiger partial charge in [0.2, 0.25) is 12.7 Å². The molecule has 1 heterocycles. The van der Waals surface area contributed by atoms with Gasteiger partial charge in [0, 0.05) is 6.42 Å². The van der Waals surface area contributed by atoms with Crippen LogP contribution < -0.4 is 14.8 Å². The molecule has 1 N–H and O–H groups in total. The molecule has 1 atom stereocenters. The first-order chi connectivity index (χ1) is 11.1. The maximum Gasteiger partial charge on any atom is 0.231 e. The summed E-state index contributed by atoms with van der Waals surface area (Å²) in [4.78, 5) is 12.1. The minimum absolute atomic E-state index is 0.0421. The van der Waals surface area contributed by atoms with E-state index in [-0.39, 0.29) is 24.6 Å². The first-order valence-electron chi connectivity index (χ1n) is 7.55. The average Bonchev–Trinajstić information content (AvgIpc) is 3.01. The van der Waals surface area contributed by atoms with E-state index in [0.717, 1.165) is 22.6 Å². The van der Waals surface area contributed by atoms with E-state index in [4.69, 9.17) is 9.47 Å². The molecule has 0 bridgehead atoms. The molecule has 0 aliphatic carbocycles. The first-order valence-corrected chi connectivity index (χ1v) is 7.55. The fourth-order valence-corrected chi connectivity index (χ4v) is 2.50. The summed E-state index contributed by atoms with van der Waals surface area (Å²) in [5.74, 6) is 1.14. The Balaban J connectivity index is 1.52. The summed E-state index contributed by atoms with van der Waals surface area (Å²) >= 11 is 0. The summed E-state index contributed by atoms with van der Waals surface area (Å²) in [7, 11) is 0. The number of nitrogens with one attached hydrogen (secondary N) is 1. The summed E-state index contributed by atoms with van der Waals surface area (Å²) in [5, 5.41) is 2.92. The highest BCUT2D eigenvalue weighted by Gasteiger charge is 2.14. The lowest BCUT2D eigenvalue weighted by atomic mass is 10.1. The molecule has 1 aliphatic rings. The quantitative estimate of drug-likeness (QED) is 0.920. The Morgan fingerprint density at radius 2 is 1.91 bits per heavy atom. The van der Waals surface area contributed by atoms with Gasteiger partial charge in [-0.05, 0) is 48.7 Å². The molecule has 0 radical (unpaired) electrons. The van der Waals surface area contributed by atoms with E-state index in [1.165, 1.54) is 12.1 Å². The molecular weight excluding hydrogens is 297 g/mol. The number of amides is 1. The standard InChI is InChI=1S/C18H18FNO3/c1-12(14-4-6-15(19)7-5-14)20-18(21)9-3-13-2-8-16-17(10-13)23-11-22-16/h2,4-8,10,12H,3,9,11H2,1H3,(H,20,21). The van der Waals surface area contributed by atoms with Crippen LogP contribution in [0.4, 0.5) is 4.39 Å². The molecule has 3 rings (SSSR count). The lowest BCUT2D eigenvalue weighted by Gasteiger charge is -2.14. The number of hydrogen-bond acceptors (Lipinski definition) is 3. The summed E-state index contributed by atoms with van der Waals surface area (Å²) in [6, 6.07) is 11.7. The van der Waals surface area contributed by atoms with Gasteiger partial charge in [0.1, 0.15) is 5.82 Å². The van der Waals surface area contributed by atoms with Crippen LogP contribution in [0, 0.1) is 5.82 Å². The molecule has 0 fully saturated rings. The number of ether oxygens (including phenoxy) is 2. The zero-order chi connectivity index (χ0) is 16.2. The van der Waals surface area contributed by atoms with Crippen molar-refractivity contribution in [2.75, 3.05) is 6.79 Å². The number of fused-ring (bicyclic) bond motifs is 1. The molecule has 1 unspecified atom stereocenters. The van der Waals surface area contributed by atoms with Crippen LogP contribution in [0.25, 0.3) is 0 Å². The minimum Gasteiger partial charge on any atom is -0.454 e. The van der Waals surface area contributed by atoms with E-state index in [1.54, 1.807) is 12.1 Å². The van der Waals surface area contributed by atoms with Gasteiger partial charge in [-0.25, -0.2) is 4.39 Å². The van der Waals surface area contributed by atoms with E-state index in [1.807, 2.05) is 25.1 Å². The van der Waals surface area contributed by atoms with Crippen LogP contribution in [0.2, 0.25) is 0 Å². The molecule has 4 nitrogen and oxygen atoms in total. The van der Waals surface area contributed by atoms with Crippen LogP contribution in [0.1, 0.15) is 30.5 Å². The number of carbonyl (C=O) groups is 1. The molecule has 1 aliphatic heterocycles. The Labute approximate surface area is 134 Å². The zero-order valence-electron chi connectivity index (χ0n) is 12.8. The first kappa shape index (κ1) is 15.3. The van der Waals surface area contributed by atoms with Crippen molar-refractivity contribution in [3.8, 4) is 11.5 Å². The van der Waals surface area contributed by atoms with Crippen molar-refractivity contribution in [1.82, 2.24) is 5.32 Å². The molecule has 5 heteroatoms. The van der Waals surface area contributed by atoms with Gasteiger partial charge in [0.05, 0.1) is 6.04 Å². The Morgan fingerprint density at radius 1 is 1.17 bits per heavy atom. The third-order valence-electron chi connectivity index (χ3n) is 3.83. The Morgan fingerprint density at radius 3 is 2.70 bits per heavy atom. The number of halogens is 1. The third-order valence-corrected chi connectivity index (χ3v) is 3.83. The predicted molar refractivity (Wildman–Crippen MR) is 83.8 cm³/mol. The van der Waals surface area contributed by atoms with Crippen LogP contribution in [0.15, 0.2) is 42.5 Å². The van der Waals surface area contributed by atoms with Crippen molar-refractivity contribution in [2.45, 2.75) is 25.8 Å². The van der Waals surface area contributed by atoms with Crippen molar-refractivity contribution in [1.29, 1.82) is 0 Å². The van der Waals surface area contributed by atoms with Crippen LogP contribution >= 0.6 is 0 Å². The molecule has 23 heavy (non-hydrogen) atoms. The number of benzene rings is 2. The molecule has 120 valence electrons. The Kier molecular flexibility index (Phi) is 4.46. The van der Waals surface area contributed by atoms with E-state index in [0.29, 0.717) is 12.8 Å². The van der Waals surface area contributed by atoms with Crippen LogP contribution in [-0.4, -0.2) is 12.7 Å². The number of aryl methyl sites for hydroxylation is 1. The van der Waals surface area contributed by atoms with Gasteiger partial charge in [-0.3, -0.25) is 4.79 Å². The van der Waals surface area contributed by atoms with Gasteiger partial charge >= 0.3 is 0 Å². The maximum atomic E-state index is 12.9. The normalized spacial score (nSPS) is 13.7. The molecule has 0 saturated heterocycles. The third kappa shape index (κ3) is 3.80. The fourth-order valence-electron chi connectivity index (χ4n) is 2.50. The summed E-state index contributed by atoms with van der Waals surface area (Å²) < 4.78 is 23.5. The van der Waals surface area contributed by atoms with E-state index in [2.05, 4.69) is 5.32 Å². The molecule has 2 aromatic carbocycles. The van der Waals surface area contributed by atoms with Crippen LogP contribution in [0.3, 0.4) is 0 Å². The molecule has 0 aromatic heterocycles. The van der Waals surface area contributed by atoms with Gasteiger partial charge < -0.3 is 14.8 Å². The van der Waals surface area contributed by atoms with Gasteiger partial charge in [0.15, 0.2) is 11.5 Å². The Bertz CT molecular complexity index is 700. The number of carbonyl (C=O) groups excluding carboxylic acids is 1. The lowest BCUT2D eigenvalue weighted by Crippen LogP contribution is -2.26. The van der Waals surface area contributed by atoms with Crippen molar-refractivity contribution >= 4 is 5.91 Å². The zero-order valence-corrected chi connectivity index (χ0v) is 12.8. The largest absolute Gasteiger partial charge is 0.454 e. The fraction of sp³-hybridized carbons (Fsp3) is 0.278. The smallest absolute Gasteiger partial charge is 0.231 e. The number of hydrogen-bond donors (Lipinski definition) is 1. The van der Waals surface area contributed by atoms with Crippen molar-refractivity contribution in [2.24, 2.45) is 0 Å². The second-order valence-electron chi connectivity index (χ2n) is 5.53. The predicted octanol–water partition coefficient (Wildman–Crippen LogP) is 3.36. The van der Waals surface area contributed by atoms with Crippen LogP contribution in [0.5, 0.6) is 11.5 Å². The van der Waals surface area contributed by atoms with Crippen molar-refractivity contribution < 1.29 is 18.7 Å².